The van der Waals surface area contributed by atoms with Gasteiger partial charge in [-0.05, 0) is 27.9 Å². The van der Waals surface area contributed by atoms with Crippen LogP contribution in [-0.4, -0.2) is 22.0 Å². The lowest BCUT2D eigenvalue weighted by molar-refractivity contribution is -0.121. The van der Waals surface area contributed by atoms with Crippen molar-refractivity contribution in [2.45, 2.75) is 26.8 Å². The number of rotatable bonds is 5. The highest BCUT2D eigenvalue weighted by atomic mass is 79.9. The van der Waals surface area contributed by atoms with E-state index in [-0.39, 0.29) is 17.7 Å². The lowest BCUT2D eigenvalue weighted by Crippen LogP contribution is -2.28. The van der Waals surface area contributed by atoms with Crippen molar-refractivity contribution in [2.75, 3.05) is 12.3 Å². The molecule has 1 amide bonds. The zero-order valence-electron chi connectivity index (χ0n) is 12.0. The molecule has 0 radical (unpaired) electrons. The molecular weight excluding hydrogens is 339 g/mol. The summed E-state index contributed by atoms with van der Waals surface area (Å²) in [5.41, 5.74) is 7.03. The molecule has 2 rings (SSSR count). The van der Waals surface area contributed by atoms with E-state index in [9.17, 15) is 9.18 Å². The van der Waals surface area contributed by atoms with E-state index in [1.165, 1.54) is 6.07 Å². The number of hydrogen-bond donors (Lipinski definition) is 2. The number of carbonyl (C=O) groups excluding carboxylic acids is 1. The van der Waals surface area contributed by atoms with E-state index in [0.717, 1.165) is 0 Å². The van der Waals surface area contributed by atoms with Crippen molar-refractivity contribution in [3.05, 3.63) is 22.4 Å². The van der Waals surface area contributed by atoms with Gasteiger partial charge in [0.1, 0.15) is 5.82 Å². The van der Waals surface area contributed by atoms with E-state index < -0.39 is 0 Å². The third-order valence-electron chi connectivity index (χ3n) is 3.09. The summed E-state index contributed by atoms with van der Waals surface area (Å²) >= 11 is 3.14. The molecule has 7 heteroatoms. The van der Waals surface area contributed by atoms with Gasteiger partial charge in [-0.2, -0.15) is 0 Å². The first-order valence-electron chi connectivity index (χ1n) is 6.76. The molecule has 0 saturated heterocycles. The molecule has 0 bridgehead atoms. The molecule has 5 nitrogen and oxygen atoms in total. The van der Waals surface area contributed by atoms with E-state index >= 15 is 0 Å². The van der Waals surface area contributed by atoms with Crippen molar-refractivity contribution in [3.63, 3.8) is 0 Å². The molecular formula is C14H18BrFN4O. The Bertz CT molecular complexity index is 669. The first-order valence-corrected chi connectivity index (χ1v) is 7.55. The van der Waals surface area contributed by atoms with Crippen LogP contribution in [0.15, 0.2) is 16.6 Å². The molecule has 0 aliphatic rings. The van der Waals surface area contributed by atoms with Crippen LogP contribution in [0.5, 0.6) is 0 Å². The fourth-order valence-corrected chi connectivity index (χ4v) is 2.32. The number of aromatic nitrogens is 2. The summed E-state index contributed by atoms with van der Waals surface area (Å²) < 4.78 is 15.5. The van der Waals surface area contributed by atoms with E-state index in [1.807, 2.05) is 13.8 Å². The Morgan fingerprint density at radius 3 is 2.90 bits per heavy atom. The number of carbonyl (C=O) groups is 1. The number of nitrogens with two attached hydrogens (primary N) is 1. The van der Waals surface area contributed by atoms with Crippen molar-refractivity contribution in [3.8, 4) is 0 Å². The van der Waals surface area contributed by atoms with Crippen LogP contribution in [0.3, 0.4) is 0 Å². The van der Waals surface area contributed by atoms with E-state index in [2.05, 4.69) is 26.2 Å². The molecule has 3 N–H and O–H groups in total. The Morgan fingerprint density at radius 1 is 1.52 bits per heavy atom. The average Bonchev–Trinajstić information content (AvgIpc) is 2.70. The Balaban J connectivity index is 2.13. The lowest BCUT2D eigenvalue weighted by Gasteiger charge is -2.09. The minimum absolute atomic E-state index is 0.0360. The van der Waals surface area contributed by atoms with Crippen LogP contribution >= 0.6 is 15.9 Å². The van der Waals surface area contributed by atoms with E-state index in [4.69, 9.17) is 5.73 Å². The number of nitrogens with zero attached hydrogens (tertiary/aromatic N) is 2. The maximum absolute atomic E-state index is 13.5. The molecule has 21 heavy (non-hydrogen) atoms. The first kappa shape index (κ1) is 15.8. The van der Waals surface area contributed by atoms with Crippen molar-refractivity contribution < 1.29 is 9.18 Å². The number of nitrogens with one attached hydrogen (secondary N) is 1. The molecule has 0 aliphatic heterocycles. The van der Waals surface area contributed by atoms with Crippen molar-refractivity contribution in [2.24, 2.45) is 5.92 Å². The molecule has 114 valence electrons. The largest absolute Gasteiger partial charge is 0.369 e. The number of imidazole rings is 1. The smallest absolute Gasteiger partial charge is 0.221 e. The molecule has 0 atom stereocenters. The minimum Gasteiger partial charge on any atom is -0.369 e. The Morgan fingerprint density at radius 2 is 2.24 bits per heavy atom. The van der Waals surface area contributed by atoms with Gasteiger partial charge in [-0.3, -0.25) is 4.79 Å². The molecule has 0 spiro atoms. The second-order valence-corrected chi connectivity index (χ2v) is 6.18. The van der Waals surface area contributed by atoms with Crippen LogP contribution < -0.4 is 11.1 Å². The Kier molecular flexibility index (Phi) is 4.82. The summed E-state index contributed by atoms with van der Waals surface area (Å²) in [5.74, 6) is 0.263. The molecule has 0 fully saturated rings. The van der Waals surface area contributed by atoms with Gasteiger partial charge in [-0.25, -0.2) is 9.37 Å². The summed E-state index contributed by atoms with van der Waals surface area (Å²) in [7, 11) is 0. The standard InChI is InChI=1S/C14H18BrFN4O/c1-8(2)7-18-13(21)3-4-20-12-5-9(15)10(16)6-11(12)19-14(20)17/h5-6,8H,3-4,7H2,1-2H3,(H2,17,19)(H,18,21). The number of nitrogen functional groups attached to an aromatic ring is 1. The van der Waals surface area contributed by atoms with Crippen LogP contribution in [0, 0.1) is 11.7 Å². The van der Waals surface area contributed by atoms with E-state index in [0.29, 0.717) is 40.9 Å². The molecule has 0 saturated carbocycles. The number of aryl methyl sites for hydroxylation is 1. The fraction of sp³-hybridized carbons (Fsp3) is 0.429. The normalized spacial score (nSPS) is 11.3. The van der Waals surface area contributed by atoms with Gasteiger partial charge < -0.3 is 15.6 Å². The summed E-state index contributed by atoms with van der Waals surface area (Å²) in [6.45, 7) is 5.13. The van der Waals surface area contributed by atoms with Crippen LogP contribution in [0.2, 0.25) is 0 Å². The Labute approximate surface area is 130 Å². The highest BCUT2D eigenvalue weighted by molar-refractivity contribution is 9.10. The number of benzene rings is 1. The number of amides is 1. The van der Waals surface area contributed by atoms with Gasteiger partial charge in [0, 0.05) is 25.6 Å². The lowest BCUT2D eigenvalue weighted by atomic mass is 10.2. The van der Waals surface area contributed by atoms with Gasteiger partial charge in [0.05, 0.1) is 15.5 Å². The van der Waals surface area contributed by atoms with Crippen LogP contribution in [-0.2, 0) is 11.3 Å². The summed E-state index contributed by atoms with van der Waals surface area (Å²) in [4.78, 5) is 15.9. The van der Waals surface area contributed by atoms with Crippen LogP contribution in [0.25, 0.3) is 11.0 Å². The number of anilines is 1. The predicted octanol–water partition coefficient (Wildman–Crippen LogP) is 2.68. The van der Waals surface area contributed by atoms with Crippen molar-refractivity contribution >= 4 is 38.8 Å². The zero-order chi connectivity index (χ0) is 15.6. The number of hydrogen-bond acceptors (Lipinski definition) is 3. The predicted molar refractivity (Wildman–Crippen MR) is 84.3 cm³/mol. The highest BCUT2D eigenvalue weighted by Gasteiger charge is 2.12. The zero-order valence-corrected chi connectivity index (χ0v) is 13.6. The monoisotopic (exact) mass is 356 g/mol. The summed E-state index contributed by atoms with van der Waals surface area (Å²) in [6.07, 6.45) is 0.303. The third-order valence-corrected chi connectivity index (χ3v) is 3.70. The number of halogens is 2. The molecule has 1 aromatic heterocycles. The second kappa shape index (κ2) is 6.43. The third kappa shape index (κ3) is 3.72. The summed E-state index contributed by atoms with van der Waals surface area (Å²) in [5, 5.41) is 2.85. The maximum Gasteiger partial charge on any atom is 0.221 e. The molecule has 2 aromatic rings. The van der Waals surface area contributed by atoms with Gasteiger partial charge in [0.25, 0.3) is 0 Å². The second-order valence-electron chi connectivity index (χ2n) is 5.32. The van der Waals surface area contributed by atoms with E-state index in [1.54, 1.807) is 10.6 Å². The molecule has 0 unspecified atom stereocenters. The SMILES string of the molecule is CC(C)CNC(=O)CCn1c(N)nc2cc(F)c(Br)cc21. The van der Waals surface area contributed by atoms with Gasteiger partial charge in [-0.15, -0.1) is 0 Å². The highest BCUT2D eigenvalue weighted by Crippen LogP contribution is 2.25. The van der Waals surface area contributed by atoms with Crippen LogP contribution in [0.4, 0.5) is 10.3 Å². The van der Waals surface area contributed by atoms with Crippen LogP contribution in [0.1, 0.15) is 20.3 Å². The molecule has 1 aromatic carbocycles. The maximum atomic E-state index is 13.5. The quantitative estimate of drug-likeness (QED) is 0.864. The first-order chi connectivity index (χ1) is 9.88. The molecule has 1 heterocycles. The average molecular weight is 357 g/mol. The van der Waals surface area contributed by atoms with Gasteiger partial charge >= 0.3 is 0 Å². The van der Waals surface area contributed by atoms with Gasteiger partial charge in [0.2, 0.25) is 11.9 Å². The number of fused-ring (bicyclic) bond motifs is 1. The van der Waals surface area contributed by atoms with Gasteiger partial charge in [-0.1, -0.05) is 13.8 Å². The molecule has 0 aliphatic carbocycles. The fourth-order valence-electron chi connectivity index (χ4n) is 1.99. The summed E-state index contributed by atoms with van der Waals surface area (Å²) in [6, 6.07) is 2.95. The van der Waals surface area contributed by atoms with Crippen molar-refractivity contribution in [1.82, 2.24) is 14.9 Å². The Hall–Kier alpha value is -1.63. The van der Waals surface area contributed by atoms with Crippen molar-refractivity contribution in [1.29, 1.82) is 0 Å². The minimum atomic E-state index is -0.387. The van der Waals surface area contributed by atoms with Gasteiger partial charge in [0.15, 0.2) is 0 Å². The topological polar surface area (TPSA) is 72.9 Å².